The van der Waals surface area contributed by atoms with Gasteiger partial charge in [0.25, 0.3) is 11.8 Å². The van der Waals surface area contributed by atoms with E-state index >= 15 is 0 Å². The van der Waals surface area contributed by atoms with E-state index < -0.39 is 45.6 Å². The standard InChI is InChI=1S/C20H25ClN2O6S/c1-6-12(4)29-20(26)16(11(2)3)23-18(25)15(19(23)30(21)27)22-17(24)13-9-7-8-10-14(13)28-5/h7-10,12,15-16,19H,2,6H2,1,3-5H3,(H,22,24). The van der Waals surface area contributed by atoms with Crippen LogP contribution in [0.4, 0.5) is 0 Å². The molecule has 0 radical (unpaired) electrons. The predicted octanol–water partition coefficient (Wildman–Crippen LogP) is 2.15. The Bertz CT molecular complexity index is 833. The number of carbonyl (C=O) groups is 3. The number of amides is 2. The molecule has 1 aliphatic rings. The van der Waals surface area contributed by atoms with Crippen LogP contribution in [0.15, 0.2) is 36.4 Å². The molecule has 2 rings (SSSR count). The van der Waals surface area contributed by atoms with Crippen LogP contribution in [-0.2, 0) is 24.7 Å². The fourth-order valence-corrected chi connectivity index (χ4v) is 4.41. The molecule has 5 atom stereocenters. The Kier molecular flexibility index (Phi) is 8.17. The normalized spacial score (nSPS) is 21.1. The first kappa shape index (κ1) is 24.0. The number of esters is 1. The fourth-order valence-electron chi connectivity index (χ4n) is 3.04. The van der Waals surface area contributed by atoms with Gasteiger partial charge in [-0.2, -0.15) is 0 Å². The van der Waals surface area contributed by atoms with Crippen LogP contribution in [0.2, 0.25) is 0 Å². The van der Waals surface area contributed by atoms with Crippen molar-refractivity contribution in [1.29, 1.82) is 0 Å². The number of halogens is 1. The molecule has 1 heterocycles. The molecule has 1 aromatic rings. The van der Waals surface area contributed by atoms with Crippen LogP contribution >= 0.6 is 10.7 Å². The summed E-state index contributed by atoms with van der Waals surface area (Å²) in [6.07, 6.45) is 0.224. The summed E-state index contributed by atoms with van der Waals surface area (Å²) in [5.41, 5.74) is 0.538. The molecule has 1 N–H and O–H groups in total. The second-order valence-corrected chi connectivity index (χ2v) is 8.83. The number of ether oxygens (including phenoxy) is 2. The van der Waals surface area contributed by atoms with Gasteiger partial charge in [0.2, 0.25) is 5.37 Å². The van der Waals surface area contributed by atoms with Crippen molar-refractivity contribution in [2.75, 3.05) is 7.11 Å². The third kappa shape index (κ3) is 4.91. The van der Waals surface area contributed by atoms with Crippen molar-refractivity contribution < 1.29 is 28.4 Å². The van der Waals surface area contributed by atoms with E-state index in [-0.39, 0.29) is 11.7 Å². The molecule has 0 aromatic heterocycles. The van der Waals surface area contributed by atoms with E-state index in [0.29, 0.717) is 17.7 Å². The van der Waals surface area contributed by atoms with Crippen molar-refractivity contribution in [2.24, 2.45) is 0 Å². The molecule has 0 bridgehead atoms. The van der Waals surface area contributed by atoms with Crippen molar-refractivity contribution in [3.63, 3.8) is 0 Å². The molecule has 0 aliphatic carbocycles. The fraction of sp³-hybridized carbons (Fsp3) is 0.450. The van der Waals surface area contributed by atoms with Crippen LogP contribution in [0.25, 0.3) is 0 Å². The molecule has 8 nitrogen and oxygen atoms in total. The van der Waals surface area contributed by atoms with Gasteiger partial charge < -0.3 is 19.3 Å². The highest BCUT2D eigenvalue weighted by atomic mass is 35.7. The Morgan fingerprint density at radius 1 is 1.40 bits per heavy atom. The summed E-state index contributed by atoms with van der Waals surface area (Å²) in [7, 11) is 5.18. The van der Waals surface area contributed by atoms with Crippen LogP contribution in [0.3, 0.4) is 0 Å². The minimum atomic E-state index is -2.07. The summed E-state index contributed by atoms with van der Waals surface area (Å²) in [4.78, 5) is 39.2. The topological polar surface area (TPSA) is 108 Å². The van der Waals surface area contributed by atoms with Crippen LogP contribution < -0.4 is 10.1 Å². The Balaban J connectivity index is 2.25. The number of methoxy groups -OCH3 is 1. The molecule has 1 aliphatic heterocycles. The number of β-lactam (4-membered cyclic amide) rings is 1. The zero-order valence-corrected chi connectivity index (χ0v) is 18.8. The lowest BCUT2D eigenvalue weighted by Crippen LogP contribution is -2.75. The van der Waals surface area contributed by atoms with Gasteiger partial charge in [-0.1, -0.05) is 25.6 Å². The van der Waals surface area contributed by atoms with Gasteiger partial charge in [-0.3, -0.25) is 14.5 Å². The lowest BCUT2D eigenvalue weighted by molar-refractivity contribution is -0.165. The summed E-state index contributed by atoms with van der Waals surface area (Å²) < 4.78 is 22.7. The number of rotatable bonds is 9. The lowest BCUT2D eigenvalue weighted by atomic mass is 9.99. The van der Waals surface area contributed by atoms with Crippen molar-refractivity contribution in [3.05, 3.63) is 42.0 Å². The summed E-state index contributed by atoms with van der Waals surface area (Å²) >= 11 is 0. The van der Waals surface area contributed by atoms with Crippen LogP contribution in [0, 0.1) is 0 Å². The third-order valence-electron chi connectivity index (χ3n) is 4.77. The zero-order chi connectivity index (χ0) is 22.6. The minimum absolute atomic E-state index is 0.206. The summed E-state index contributed by atoms with van der Waals surface area (Å²) in [6, 6.07) is 4.15. The molecule has 164 valence electrons. The zero-order valence-electron chi connectivity index (χ0n) is 17.2. The number of likely N-dealkylation sites (tertiary alicyclic amines) is 1. The second kappa shape index (κ2) is 10.2. The lowest BCUT2D eigenvalue weighted by Gasteiger charge is -2.47. The van der Waals surface area contributed by atoms with Gasteiger partial charge in [-0.15, -0.1) is 0 Å². The average Bonchev–Trinajstić information content (AvgIpc) is 2.71. The molecule has 0 saturated carbocycles. The summed E-state index contributed by atoms with van der Waals surface area (Å²) in [5, 5.41) is 1.41. The first-order valence-corrected chi connectivity index (χ1v) is 11.4. The Hall–Kier alpha value is -2.23. The molecular formula is C20H25ClN2O6S. The minimum Gasteiger partial charge on any atom is -0.597 e. The Morgan fingerprint density at radius 2 is 2.03 bits per heavy atom. The van der Waals surface area contributed by atoms with Gasteiger partial charge in [-0.25, -0.2) is 4.79 Å². The third-order valence-corrected chi connectivity index (χ3v) is 6.20. The van der Waals surface area contributed by atoms with E-state index in [0.717, 1.165) is 4.90 Å². The molecule has 0 spiro atoms. The highest BCUT2D eigenvalue weighted by Crippen LogP contribution is 2.33. The van der Waals surface area contributed by atoms with E-state index in [2.05, 4.69) is 11.9 Å². The van der Waals surface area contributed by atoms with Gasteiger partial charge in [0.05, 0.1) is 29.2 Å². The van der Waals surface area contributed by atoms with Gasteiger partial charge in [0.1, 0.15) is 5.75 Å². The quantitative estimate of drug-likeness (QED) is 0.264. The second-order valence-electron chi connectivity index (χ2n) is 6.94. The maximum atomic E-state index is 12.8. The highest BCUT2D eigenvalue weighted by Gasteiger charge is 2.60. The van der Waals surface area contributed by atoms with Crippen molar-refractivity contribution in [3.8, 4) is 5.75 Å². The molecule has 1 fully saturated rings. The number of benzene rings is 1. The maximum absolute atomic E-state index is 12.8. The van der Waals surface area contributed by atoms with E-state index in [1.807, 2.05) is 6.92 Å². The summed E-state index contributed by atoms with van der Waals surface area (Å²) in [6.45, 7) is 8.89. The number of hydrogen-bond acceptors (Lipinski definition) is 6. The number of carbonyl (C=O) groups excluding carboxylic acids is 3. The summed E-state index contributed by atoms with van der Waals surface area (Å²) in [5.74, 6) is -1.57. The first-order valence-electron chi connectivity index (χ1n) is 9.32. The predicted molar refractivity (Wildman–Crippen MR) is 113 cm³/mol. The molecule has 1 aromatic carbocycles. The number of hydrogen-bond donors (Lipinski definition) is 1. The van der Waals surface area contributed by atoms with E-state index in [1.165, 1.54) is 13.2 Å². The SMILES string of the molecule is C=C(C)C(C(=O)OC(C)CC)N1C(=O)C(NC(=O)c2ccccc2OC)C1[S+]([O-])Cl. The van der Waals surface area contributed by atoms with Gasteiger partial charge in [0, 0.05) is 0 Å². The monoisotopic (exact) mass is 456 g/mol. The Labute approximate surface area is 183 Å². The van der Waals surface area contributed by atoms with Crippen LogP contribution in [-0.4, -0.2) is 57.9 Å². The number of nitrogens with zero attached hydrogens (tertiary/aromatic N) is 1. The largest absolute Gasteiger partial charge is 0.597 e. The van der Waals surface area contributed by atoms with Gasteiger partial charge in [0.15, 0.2) is 22.8 Å². The average molecular weight is 457 g/mol. The highest BCUT2D eigenvalue weighted by molar-refractivity contribution is 8.14. The number of nitrogens with one attached hydrogen (secondary N) is 1. The van der Waals surface area contributed by atoms with Gasteiger partial charge >= 0.3 is 5.97 Å². The molecule has 5 unspecified atom stereocenters. The van der Waals surface area contributed by atoms with Crippen molar-refractivity contribution >= 4 is 38.9 Å². The van der Waals surface area contributed by atoms with Crippen LogP contribution in [0.5, 0.6) is 5.75 Å². The first-order chi connectivity index (χ1) is 14.1. The maximum Gasteiger partial charge on any atom is 0.333 e. The molecule has 2 amide bonds. The van der Waals surface area contributed by atoms with E-state index in [1.54, 1.807) is 32.0 Å². The molecule has 1 saturated heterocycles. The van der Waals surface area contributed by atoms with Crippen LogP contribution in [0.1, 0.15) is 37.6 Å². The van der Waals surface area contributed by atoms with E-state index in [4.69, 9.17) is 20.2 Å². The smallest absolute Gasteiger partial charge is 0.333 e. The number of para-hydroxylation sites is 1. The van der Waals surface area contributed by atoms with Crippen molar-refractivity contribution in [2.45, 2.75) is 50.8 Å². The molecule has 10 heteroatoms. The Morgan fingerprint density at radius 3 is 2.57 bits per heavy atom. The van der Waals surface area contributed by atoms with E-state index in [9.17, 15) is 18.9 Å². The molecule has 30 heavy (non-hydrogen) atoms. The van der Waals surface area contributed by atoms with Gasteiger partial charge in [-0.05, 0) is 38.0 Å². The van der Waals surface area contributed by atoms with Crippen molar-refractivity contribution in [1.82, 2.24) is 10.2 Å². The molecular weight excluding hydrogens is 432 g/mol.